The zero-order valence-corrected chi connectivity index (χ0v) is 14.2. The van der Waals surface area contributed by atoms with E-state index in [0.29, 0.717) is 19.0 Å². The van der Waals surface area contributed by atoms with Crippen LogP contribution in [0.25, 0.3) is 5.69 Å². The van der Waals surface area contributed by atoms with Gasteiger partial charge < -0.3 is 19.1 Å². The van der Waals surface area contributed by atoms with E-state index in [1.54, 1.807) is 0 Å². The molecule has 1 aromatic heterocycles. The lowest BCUT2D eigenvalue weighted by atomic mass is 9.98. The van der Waals surface area contributed by atoms with Crippen molar-refractivity contribution in [3.8, 4) is 17.2 Å². The lowest BCUT2D eigenvalue weighted by molar-refractivity contribution is -0.137. The number of hydrogen-bond donors (Lipinski definition) is 1. The number of aromatic nitrogens is 1. The molecule has 0 aliphatic carbocycles. The van der Waals surface area contributed by atoms with Gasteiger partial charge in [0.2, 0.25) is 0 Å². The van der Waals surface area contributed by atoms with Crippen molar-refractivity contribution in [2.45, 2.75) is 18.9 Å². The summed E-state index contributed by atoms with van der Waals surface area (Å²) in [4.78, 5) is 10.9. The third kappa shape index (κ3) is 3.42. The maximum atomic E-state index is 10.9. The monoisotopic (exact) mass is 349 g/mol. The lowest BCUT2D eigenvalue weighted by Gasteiger charge is -2.10. The molecule has 0 fully saturated rings. The minimum absolute atomic E-state index is 0.0827. The molecular weight excluding hydrogens is 330 g/mol. The number of nitrogens with zero attached hydrogens (tertiary/aromatic N) is 1. The maximum Gasteiger partial charge on any atom is 0.304 e. The van der Waals surface area contributed by atoms with E-state index in [2.05, 4.69) is 16.7 Å². The van der Waals surface area contributed by atoms with Gasteiger partial charge in [-0.15, -0.1) is 0 Å². The molecule has 2 heterocycles. The summed E-state index contributed by atoms with van der Waals surface area (Å²) in [5.41, 5.74) is 3.10. The van der Waals surface area contributed by atoms with Gasteiger partial charge in [0.25, 0.3) is 0 Å². The standard InChI is InChI=1S/C21H19NO4/c23-21(24)11-16-14-26-20-12-18(6-7-19(16)20)25-13-15-4-3-5-17(10-15)22-8-1-2-9-22/h1-10,12,16H,11,13-14H2,(H,23,24). The third-order valence-electron chi connectivity index (χ3n) is 4.50. The molecule has 5 nitrogen and oxygen atoms in total. The number of hydrogen-bond acceptors (Lipinski definition) is 3. The summed E-state index contributed by atoms with van der Waals surface area (Å²) in [6.07, 6.45) is 4.09. The van der Waals surface area contributed by atoms with E-state index in [4.69, 9.17) is 14.6 Å². The van der Waals surface area contributed by atoms with Gasteiger partial charge in [0.15, 0.2) is 0 Å². The molecule has 132 valence electrons. The van der Waals surface area contributed by atoms with E-state index < -0.39 is 5.97 Å². The highest BCUT2D eigenvalue weighted by atomic mass is 16.5. The average Bonchev–Trinajstić information content (AvgIpc) is 3.30. The van der Waals surface area contributed by atoms with Crippen LogP contribution >= 0.6 is 0 Å². The summed E-state index contributed by atoms with van der Waals surface area (Å²) in [7, 11) is 0. The van der Waals surface area contributed by atoms with Gasteiger partial charge in [-0.1, -0.05) is 18.2 Å². The normalized spacial score (nSPS) is 15.3. The van der Waals surface area contributed by atoms with Crippen molar-refractivity contribution in [1.29, 1.82) is 0 Å². The summed E-state index contributed by atoms with van der Waals surface area (Å²) in [6.45, 7) is 0.858. The van der Waals surface area contributed by atoms with Gasteiger partial charge in [0.05, 0.1) is 13.0 Å². The largest absolute Gasteiger partial charge is 0.492 e. The van der Waals surface area contributed by atoms with Gasteiger partial charge in [-0.2, -0.15) is 0 Å². The second-order valence-electron chi connectivity index (χ2n) is 6.35. The number of aliphatic carboxylic acids is 1. The lowest BCUT2D eigenvalue weighted by Crippen LogP contribution is -2.07. The Morgan fingerprint density at radius 2 is 2.00 bits per heavy atom. The fourth-order valence-corrected chi connectivity index (χ4v) is 3.21. The molecule has 0 amide bonds. The van der Waals surface area contributed by atoms with Crippen LogP contribution in [0.1, 0.15) is 23.5 Å². The minimum Gasteiger partial charge on any atom is -0.492 e. The average molecular weight is 349 g/mol. The molecule has 26 heavy (non-hydrogen) atoms. The van der Waals surface area contributed by atoms with Gasteiger partial charge >= 0.3 is 5.97 Å². The van der Waals surface area contributed by atoms with E-state index in [9.17, 15) is 4.79 Å². The van der Waals surface area contributed by atoms with Crippen LogP contribution in [0.2, 0.25) is 0 Å². The molecule has 0 saturated carbocycles. The van der Waals surface area contributed by atoms with Gasteiger partial charge in [0, 0.05) is 35.6 Å². The predicted octanol–water partition coefficient (Wildman–Crippen LogP) is 4.01. The Labute approximate surface area is 151 Å². The van der Waals surface area contributed by atoms with E-state index >= 15 is 0 Å². The molecule has 0 radical (unpaired) electrons. The Bertz CT molecular complexity index is 918. The summed E-state index contributed by atoms with van der Waals surface area (Å²) in [5.74, 6) is 0.532. The fourth-order valence-electron chi connectivity index (χ4n) is 3.21. The molecule has 0 saturated heterocycles. The molecule has 0 bridgehead atoms. The molecule has 1 unspecified atom stereocenters. The SMILES string of the molecule is O=C(O)CC1COc2cc(OCc3cccc(-n4cccc4)c3)ccc21. The zero-order valence-electron chi connectivity index (χ0n) is 14.2. The van der Waals surface area contributed by atoms with Crippen molar-refractivity contribution < 1.29 is 19.4 Å². The first-order valence-electron chi connectivity index (χ1n) is 8.53. The van der Waals surface area contributed by atoms with Crippen molar-refractivity contribution >= 4 is 5.97 Å². The van der Waals surface area contributed by atoms with Crippen molar-refractivity contribution in [3.63, 3.8) is 0 Å². The van der Waals surface area contributed by atoms with Gasteiger partial charge in [-0.05, 0) is 35.9 Å². The van der Waals surface area contributed by atoms with Gasteiger partial charge in [-0.3, -0.25) is 4.79 Å². The summed E-state index contributed by atoms with van der Waals surface area (Å²) in [5, 5.41) is 8.97. The first-order chi connectivity index (χ1) is 12.7. The third-order valence-corrected chi connectivity index (χ3v) is 4.50. The Morgan fingerprint density at radius 1 is 1.15 bits per heavy atom. The number of carboxylic acid groups (broad SMARTS) is 1. The van der Waals surface area contributed by atoms with E-state index in [1.807, 2.05) is 54.9 Å². The number of carbonyl (C=O) groups is 1. The fraction of sp³-hybridized carbons (Fsp3) is 0.190. The van der Waals surface area contributed by atoms with Gasteiger partial charge in [-0.25, -0.2) is 0 Å². The molecule has 1 atom stereocenters. The Balaban J connectivity index is 1.44. The number of carboxylic acids is 1. The molecule has 2 aromatic carbocycles. The summed E-state index contributed by atoms with van der Waals surface area (Å²) >= 11 is 0. The number of benzene rings is 2. The first kappa shape index (κ1) is 16.3. The van der Waals surface area contributed by atoms with Crippen molar-refractivity contribution in [2.75, 3.05) is 6.61 Å². The highest BCUT2D eigenvalue weighted by Crippen LogP contribution is 2.38. The first-order valence-corrected chi connectivity index (χ1v) is 8.53. The second kappa shape index (κ2) is 6.96. The van der Waals surface area contributed by atoms with Crippen LogP contribution in [0.3, 0.4) is 0 Å². The topological polar surface area (TPSA) is 60.7 Å². The number of ether oxygens (including phenoxy) is 2. The smallest absolute Gasteiger partial charge is 0.304 e. The molecule has 1 aliphatic heterocycles. The quantitative estimate of drug-likeness (QED) is 0.730. The van der Waals surface area contributed by atoms with Crippen LogP contribution in [-0.4, -0.2) is 22.2 Å². The maximum absolute atomic E-state index is 10.9. The Morgan fingerprint density at radius 3 is 2.81 bits per heavy atom. The highest BCUT2D eigenvalue weighted by Gasteiger charge is 2.26. The van der Waals surface area contributed by atoms with Crippen LogP contribution in [0, 0.1) is 0 Å². The van der Waals surface area contributed by atoms with E-state index in [-0.39, 0.29) is 12.3 Å². The molecule has 1 aliphatic rings. The highest BCUT2D eigenvalue weighted by molar-refractivity contribution is 5.68. The van der Waals surface area contributed by atoms with Crippen LogP contribution in [0.4, 0.5) is 0 Å². The zero-order chi connectivity index (χ0) is 17.9. The molecule has 4 rings (SSSR count). The van der Waals surface area contributed by atoms with Crippen molar-refractivity contribution in [2.24, 2.45) is 0 Å². The second-order valence-corrected chi connectivity index (χ2v) is 6.35. The molecule has 1 N–H and O–H groups in total. The Hall–Kier alpha value is -3.21. The molecule has 0 spiro atoms. The summed E-state index contributed by atoms with van der Waals surface area (Å²) in [6, 6.07) is 17.8. The van der Waals surface area contributed by atoms with Crippen LogP contribution in [-0.2, 0) is 11.4 Å². The van der Waals surface area contributed by atoms with Crippen LogP contribution in [0.5, 0.6) is 11.5 Å². The minimum atomic E-state index is -0.811. The van der Waals surface area contributed by atoms with Crippen LogP contribution < -0.4 is 9.47 Å². The van der Waals surface area contributed by atoms with Crippen LogP contribution in [0.15, 0.2) is 67.0 Å². The van der Waals surface area contributed by atoms with E-state index in [0.717, 1.165) is 22.6 Å². The van der Waals surface area contributed by atoms with Gasteiger partial charge in [0.1, 0.15) is 18.1 Å². The molecule has 3 aromatic rings. The number of rotatable bonds is 6. The Kier molecular flexibility index (Phi) is 4.35. The van der Waals surface area contributed by atoms with Crippen molar-refractivity contribution in [1.82, 2.24) is 4.57 Å². The number of fused-ring (bicyclic) bond motifs is 1. The predicted molar refractivity (Wildman–Crippen MR) is 97.0 cm³/mol. The van der Waals surface area contributed by atoms with Crippen molar-refractivity contribution in [3.05, 3.63) is 78.1 Å². The molecular formula is C21H19NO4. The molecule has 5 heteroatoms. The van der Waals surface area contributed by atoms with E-state index in [1.165, 1.54) is 0 Å². The summed E-state index contributed by atoms with van der Waals surface area (Å²) < 4.78 is 13.6.